The van der Waals surface area contributed by atoms with Crippen LogP contribution < -0.4 is 0 Å². The van der Waals surface area contributed by atoms with Gasteiger partial charge >= 0.3 is 5.97 Å². The standard InChI is InChI=1S/C4H5ClO3/c5-3(4(6)7)2-1-8-2/h2-3H,1H2,(H,6,7). The van der Waals surface area contributed by atoms with Gasteiger partial charge in [-0.25, -0.2) is 0 Å². The highest BCUT2D eigenvalue weighted by Gasteiger charge is 2.36. The van der Waals surface area contributed by atoms with Crippen molar-refractivity contribution in [3.8, 4) is 0 Å². The number of epoxide rings is 1. The second-order valence-electron chi connectivity index (χ2n) is 1.61. The van der Waals surface area contributed by atoms with Gasteiger partial charge < -0.3 is 9.84 Å². The zero-order valence-corrected chi connectivity index (χ0v) is 4.76. The average molecular weight is 137 g/mol. The number of carboxylic acids is 1. The van der Waals surface area contributed by atoms with Crippen molar-refractivity contribution in [3.63, 3.8) is 0 Å². The highest BCUT2D eigenvalue weighted by molar-refractivity contribution is 6.30. The van der Waals surface area contributed by atoms with E-state index in [4.69, 9.17) is 16.7 Å². The highest BCUT2D eigenvalue weighted by atomic mass is 35.5. The number of hydrogen-bond donors (Lipinski definition) is 1. The molecule has 2 atom stereocenters. The number of aliphatic carboxylic acids is 1. The number of carbonyl (C=O) groups is 1. The van der Waals surface area contributed by atoms with Crippen molar-refractivity contribution >= 4 is 17.6 Å². The molecular weight excluding hydrogens is 131 g/mol. The fraction of sp³-hybridized carbons (Fsp3) is 0.750. The van der Waals surface area contributed by atoms with Crippen LogP contribution in [0.5, 0.6) is 0 Å². The van der Waals surface area contributed by atoms with Gasteiger partial charge in [-0.15, -0.1) is 11.6 Å². The zero-order chi connectivity index (χ0) is 6.15. The Labute approximate surface area is 51.2 Å². The summed E-state index contributed by atoms with van der Waals surface area (Å²) in [4.78, 5) is 9.97. The van der Waals surface area contributed by atoms with Gasteiger partial charge in [0, 0.05) is 0 Å². The molecule has 0 aromatic carbocycles. The van der Waals surface area contributed by atoms with Crippen LogP contribution in [-0.2, 0) is 9.53 Å². The Hall–Kier alpha value is -0.280. The van der Waals surface area contributed by atoms with E-state index in [1.54, 1.807) is 0 Å². The molecule has 8 heavy (non-hydrogen) atoms. The van der Waals surface area contributed by atoms with Crippen molar-refractivity contribution in [3.05, 3.63) is 0 Å². The number of ether oxygens (including phenoxy) is 1. The minimum atomic E-state index is -1.01. The molecule has 1 N–H and O–H groups in total. The van der Waals surface area contributed by atoms with Crippen LogP contribution in [0.2, 0.25) is 0 Å². The van der Waals surface area contributed by atoms with Crippen LogP contribution in [0, 0.1) is 0 Å². The zero-order valence-electron chi connectivity index (χ0n) is 4.00. The lowest BCUT2D eigenvalue weighted by Gasteiger charge is -1.93. The Morgan fingerprint density at radius 3 is 2.62 bits per heavy atom. The van der Waals surface area contributed by atoms with Gasteiger partial charge in [0.15, 0.2) is 5.38 Å². The van der Waals surface area contributed by atoms with E-state index in [0.29, 0.717) is 6.61 Å². The monoisotopic (exact) mass is 136 g/mol. The van der Waals surface area contributed by atoms with Crippen molar-refractivity contribution in [1.29, 1.82) is 0 Å². The maximum atomic E-state index is 9.97. The lowest BCUT2D eigenvalue weighted by atomic mass is 10.3. The van der Waals surface area contributed by atoms with Crippen molar-refractivity contribution in [2.45, 2.75) is 11.5 Å². The molecule has 0 aliphatic carbocycles. The molecule has 1 aliphatic heterocycles. The molecule has 1 fully saturated rings. The minimum absolute atomic E-state index is 0.242. The SMILES string of the molecule is O=C(O)C(Cl)C1CO1. The van der Waals surface area contributed by atoms with Crippen LogP contribution in [0.15, 0.2) is 0 Å². The second-order valence-corrected chi connectivity index (χ2v) is 2.08. The highest BCUT2D eigenvalue weighted by Crippen LogP contribution is 2.18. The third-order valence-electron chi connectivity index (χ3n) is 0.921. The van der Waals surface area contributed by atoms with Gasteiger partial charge in [-0.2, -0.15) is 0 Å². The molecule has 0 spiro atoms. The first kappa shape index (κ1) is 5.85. The van der Waals surface area contributed by atoms with Gasteiger partial charge in [-0.05, 0) is 0 Å². The van der Waals surface area contributed by atoms with E-state index in [-0.39, 0.29) is 6.10 Å². The van der Waals surface area contributed by atoms with Gasteiger partial charge in [0.25, 0.3) is 0 Å². The van der Waals surface area contributed by atoms with Crippen LogP contribution in [0.25, 0.3) is 0 Å². The van der Waals surface area contributed by atoms with Gasteiger partial charge in [0.1, 0.15) is 6.10 Å². The van der Waals surface area contributed by atoms with Crippen LogP contribution in [0.3, 0.4) is 0 Å². The van der Waals surface area contributed by atoms with E-state index in [0.717, 1.165) is 0 Å². The van der Waals surface area contributed by atoms with Crippen LogP contribution in [-0.4, -0.2) is 29.2 Å². The van der Waals surface area contributed by atoms with E-state index < -0.39 is 11.3 Å². The minimum Gasteiger partial charge on any atom is -0.480 e. The van der Waals surface area contributed by atoms with E-state index in [9.17, 15) is 4.79 Å². The molecule has 0 aromatic rings. The molecule has 0 bridgehead atoms. The number of rotatable bonds is 2. The second kappa shape index (κ2) is 1.91. The molecule has 1 rings (SSSR count). The molecule has 1 aliphatic rings. The van der Waals surface area contributed by atoms with E-state index >= 15 is 0 Å². The van der Waals surface area contributed by atoms with Crippen molar-refractivity contribution in [1.82, 2.24) is 0 Å². The third kappa shape index (κ3) is 1.11. The molecule has 1 saturated heterocycles. The number of alkyl halides is 1. The first-order valence-corrected chi connectivity index (χ1v) is 2.64. The lowest BCUT2D eigenvalue weighted by molar-refractivity contribution is -0.136. The van der Waals surface area contributed by atoms with E-state index in [1.165, 1.54) is 0 Å². The largest absolute Gasteiger partial charge is 0.480 e. The van der Waals surface area contributed by atoms with Crippen LogP contribution in [0.1, 0.15) is 0 Å². The third-order valence-corrected chi connectivity index (χ3v) is 1.39. The Morgan fingerprint density at radius 2 is 2.50 bits per heavy atom. The summed E-state index contributed by atoms with van der Waals surface area (Å²) in [6.45, 7) is 0.487. The van der Waals surface area contributed by atoms with Crippen molar-refractivity contribution < 1.29 is 14.6 Å². The quantitative estimate of drug-likeness (QED) is 0.432. The number of halogens is 1. The van der Waals surface area contributed by atoms with Crippen LogP contribution >= 0.6 is 11.6 Å². The van der Waals surface area contributed by atoms with Gasteiger partial charge in [-0.3, -0.25) is 4.79 Å². The molecule has 4 heteroatoms. The topological polar surface area (TPSA) is 49.8 Å². The summed E-state index contributed by atoms with van der Waals surface area (Å²) in [7, 11) is 0. The summed E-state index contributed by atoms with van der Waals surface area (Å²) in [5.74, 6) is -1.01. The summed E-state index contributed by atoms with van der Waals surface area (Å²) >= 11 is 5.29. The smallest absolute Gasteiger partial charge is 0.324 e. The van der Waals surface area contributed by atoms with Gasteiger partial charge in [0.2, 0.25) is 0 Å². The molecule has 2 unspecified atom stereocenters. The van der Waals surface area contributed by atoms with Gasteiger partial charge in [0.05, 0.1) is 6.61 Å². The molecule has 0 amide bonds. The summed E-state index contributed by atoms with van der Waals surface area (Å²) in [5.41, 5.74) is 0. The molecular formula is C4H5ClO3. The normalized spacial score (nSPS) is 29.4. The fourth-order valence-corrected chi connectivity index (χ4v) is 0.529. The first-order chi connectivity index (χ1) is 3.72. The Bertz CT molecular complexity index is 110. The Balaban J connectivity index is 2.32. The predicted molar refractivity (Wildman–Crippen MR) is 27.0 cm³/mol. The Morgan fingerprint density at radius 1 is 2.00 bits per heavy atom. The van der Waals surface area contributed by atoms with Crippen LogP contribution in [0.4, 0.5) is 0 Å². The lowest BCUT2D eigenvalue weighted by Crippen LogP contribution is -2.19. The van der Waals surface area contributed by atoms with Crippen molar-refractivity contribution in [2.24, 2.45) is 0 Å². The first-order valence-electron chi connectivity index (χ1n) is 2.20. The summed E-state index contributed by atoms with van der Waals surface area (Å²) in [6, 6.07) is 0. The maximum absolute atomic E-state index is 9.97. The molecule has 0 radical (unpaired) electrons. The predicted octanol–water partition coefficient (Wildman–Crippen LogP) is 0.0772. The number of carboxylic acid groups (broad SMARTS) is 1. The molecule has 1 heterocycles. The summed E-state index contributed by atoms with van der Waals surface area (Å²) in [5, 5.41) is 7.33. The fourth-order valence-electron chi connectivity index (χ4n) is 0.384. The molecule has 3 nitrogen and oxygen atoms in total. The molecule has 46 valence electrons. The average Bonchev–Trinajstić information content (AvgIpc) is 2.43. The summed E-state index contributed by atoms with van der Waals surface area (Å²) in [6.07, 6.45) is -0.242. The Kier molecular flexibility index (Phi) is 1.40. The van der Waals surface area contributed by atoms with Crippen molar-refractivity contribution in [2.75, 3.05) is 6.61 Å². The van der Waals surface area contributed by atoms with E-state index in [2.05, 4.69) is 4.74 Å². The van der Waals surface area contributed by atoms with Gasteiger partial charge in [-0.1, -0.05) is 0 Å². The summed E-state index contributed by atoms with van der Waals surface area (Å²) < 4.78 is 4.62. The van der Waals surface area contributed by atoms with E-state index in [1.807, 2.05) is 0 Å². The maximum Gasteiger partial charge on any atom is 0.324 e. The number of hydrogen-bond acceptors (Lipinski definition) is 2. The molecule has 0 saturated carbocycles. The molecule has 0 aromatic heterocycles.